The van der Waals surface area contributed by atoms with E-state index in [1.54, 1.807) is 0 Å². The van der Waals surface area contributed by atoms with E-state index in [2.05, 4.69) is 26.7 Å². The van der Waals surface area contributed by atoms with Crippen molar-refractivity contribution in [2.45, 2.75) is 44.2 Å². The van der Waals surface area contributed by atoms with Crippen molar-refractivity contribution in [2.24, 2.45) is 0 Å². The van der Waals surface area contributed by atoms with E-state index in [-0.39, 0.29) is 0 Å². The molecule has 0 spiro atoms. The molecule has 0 unspecified atom stereocenters. The average Bonchev–Trinajstić information content (AvgIpc) is 3.39. The SMILES string of the molecule is Clc1ccccc1CNc1cc(C2CC2)nc(NC2CC2)n1. The highest BCUT2D eigenvalue weighted by atomic mass is 35.5. The summed E-state index contributed by atoms with van der Waals surface area (Å²) in [5.41, 5.74) is 2.23. The maximum absolute atomic E-state index is 6.21. The summed E-state index contributed by atoms with van der Waals surface area (Å²) in [5, 5.41) is 7.56. The first kappa shape index (κ1) is 13.8. The van der Waals surface area contributed by atoms with Gasteiger partial charge in [-0.3, -0.25) is 0 Å². The smallest absolute Gasteiger partial charge is 0.225 e. The van der Waals surface area contributed by atoms with Gasteiger partial charge >= 0.3 is 0 Å². The van der Waals surface area contributed by atoms with Crippen LogP contribution < -0.4 is 10.6 Å². The van der Waals surface area contributed by atoms with Gasteiger partial charge in [0.25, 0.3) is 0 Å². The lowest BCUT2D eigenvalue weighted by Crippen LogP contribution is -2.10. The Hall–Kier alpha value is -1.81. The highest BCUT2D eigenvalue weighted by Gasteiger charge is 2.27. The van der Waals surface area contributed by atoms with Gasteiger partial charge in [-0.1, -0.05) is 29.8 Å². The molecule has 0 aliphatic heterocycles. The molecule has 1 aromatic heterocycles. The Kier molecular flexibility index (Phi) is 3.62. The van der Waals surface area contributed by atoms with E-state index in [1.807, 2.05) is 24.3 Å². The molecule has 0 saturated heterocycles. The molecule has 4 rings (SSSR count). The van der Waals surface area contributed by atoms with Gasteiger partial charge in [0.2, 0.25) is 5.95 Å². The van der Waals surface area contributed by atoms with Gasteiger partial charge in [-0.05, 0) is 37.3 Å². The van der Waals surface area contributed by atoms with Crippen molar-refractivity contribution in [1.29, 1.82) is 0 Å². The fraction of sp³-hybridized carbons (Fsp3) is 0.412. The molecule has 22 heavy (non-hydrogen) atoms. The number of nitrogens with zero attached hydrogens (tertiary/aromatic N) is 2. The maximum atomic E-state index is 6.21. The van der Waals surface area contributed by atoms with Gasteiger partial charge in [0.05, 0.1) is 5.69 Å². The van der Waals surface area contributed by atoms with Gasteiger partial charge in [0.1, 0.15) is 5.82 Å². The summed E-state index contributed by atoms with van der Waals surface area (Å²) in [5.74, 6) is 2.25. The van der Waals surface area contributed by atoms with Crippen LogP contribution in [-0.4, -0.2) is 16.0 Å². The monoisotopic (exact) mass is 314 g/mol. The molecule has 2 aromatic rings. The highest BCUT2D eigenvalue weighted by Crippen LogP contribution is 2.40. The van der Waals surface area contributed by atoms with Crippen LogP contribution in [0.3, 0.4) is 0 Å². The van der Waals surface area contributed by atoms with Crippen LogP contribution in [0, 0.1) is 0 Å². The summed E-state index contributed by atoms with van der Waals surface area (Å²) in [6, 6.07) is 10.5. The van der Waals surface area contributed by atoms with E-state index in [0.29, 0.717) is 18.5 Å². The number of rotatable bonds is 6. The van der Waals surface area contributed by atoms with Gasteiger partial charge in [0.15, 0.2) is 0 Å². The van der Waals surface area contributed by atoms with E-state index in [4.69, 9.17) is 11.6 Å². The van der Waals surface area contributed by atoms with Crippen LogP contribution in [-0.2, 0) is 6.54 Å². The first-order valence-electron chi connectivity index (χ1n) is 7.91. The summed E-state index contributed by atoms with van der Waals surface area (Å²) < 4.78 is 0. The Morgan fingerprint density at radius 1 is 1.09 bits per heavy atom. The van der Waals surface area contributed by atoms with Crippen molar-refractivity contribution in [3.63, 3.8) is 0 Å². The summed E-state index contributed by atoms with van der Waals surface area (Å²) >= 11 is 6.21. The first-order valence-corrected chi connectivity index (χ1v) is 8.28. The van der Waals surface area contributed by atoms with Gasteiger partial charge < -0.3 is 10.6 Å². The lowest BCUT2D eigenvalue weighted by molar-refractivity contribution is 0.958. The van der Waals surface area contributed by atoms with Crippen LogP contribution in [0.1, 0.15) is 42.9 Å². The van der Waals surface area contributed by atoms with Crippen LogP contribution in [0.2, 0.25) is 5.02 Å². The van der Waals surface area contributed by atoms with E-state index in [0.717, 1.165) is 28.0 Å². The fourth-order valence-corrected chi connectivity index (χ4v) is 2.65. The van der Waals surface area contributed by atoms with Crippen LogP contribution >= 0.6 is 11.6 Å². The molecular formula is C17H19ClN4. The largest absolute Gasteiger partial charge is 0.366 e. The summed E-state index contributed by atoms with van der Waals surface area (Å²) in [7, 11) is 0. The topological polar surface area (TPSA) is 49.8 Å². The van der Waals surface area contributed by atoms with Crippen LogP contribution in [0.15, 0.2) is 30.3 Å². The average molecular weight is 315 g/mol. The summed E-state index contributed by atoms with van der Waals surface area (Å²) in [4.78, 5) is 9.25. The zero-order valence-corrected chi connectivity index (χ0v) is 13.1. The third-order valence-corrected chi connectivity index (χ3v) is 4.44. The van der Waals surface area contributed by atoms with E-state index >= 15 is 0 Å². The molecule has 4 nitrogen and oxygen atoms in total. The Bertz CT molecular complexity index is 680. The standard InChI is InChI=1S/C17H19ClN4/c18-14-4-2-1-3-12(14)10-19-16-9-15(11-5-6-11)21-17(22-16)20-13-7-8-13/h1-4,9,11,13H,5-8,10H2,(H2,19,20,21,22). The van der Waals surface area contributed by atoms with Gasteiger partial charge in [-0.25, -0.2) is 4.98 Å². The van der Waals surface area contributed by atoms with Crippen molar-refractivity contribution in [3.8, 4) is 0 Å². The Morgan fingerprint density at radius 3 is 2.64 bits per heavy atom. The van der Waals surface area contributed by atoms with Crippen molar-refractivity contribution in [1.82, 2.24) is 9.97 Å². The molecule has 5 heteroatoms. The molecule has 1 heterocycles. The lowest BCUT2D eigenvalue weighted by Gasteiger charge is -2.11. The molecule has 2 saturated carbocycles. The van der Waals surface area contributed by atoms with Crippen LogP contribution in [0.25, 0.3) is 0 Å². The minimum absolute atomic E-state index is 0.561. The van der Waals surface area contributed by atoms with E-state index < -0.39 is 0 Å². The quantitative estimate of drug-likeness (QED) is 0.839. The number of hydrogen-bond donors (Lipinski definition) is 2. The van der Waals surface area contributed by atoms with Gasteiger partial charge in [-0.15, -0.1) is 0 Å². The predicted octanol–water partition coefficient (Wildman–Crippen LogP) is 4.19. The van der Waals surface area contributed by atoms with Crippen molar-refractivity contribution in [3.05, 3.63) is 46.6 Å². The Labute approximate surface area is 135 Å². The second-order valence-corrected chi connectivity index (χ2v) is 6.55. The molecule has 0 radical (unpaired) electrons. The van der Waals surface area contributed by atoms with E-state index in [9.17, 15) is 0 Å². The Morgan fingerprint density at radius 2 is 1.91 bits per heavy atom. The lowest BCUT2D eigenvalue weighted by atomic mass is 10.2. The van der Waals surface area contributed by atoms with Crippen LogP contribution in [0.5, 0.6) is 0 Å². The number of nitrogens with one attached hydrogen (secondary N) is 2. The normalized spacial score (nSPS) is 17.3. The van der Waals surface area contributed by atoms with Gasteiger partial charge in [0, 0.05) is 29.6 Å². The van der Waals surface area contributed by atoms with Crippen molar-refractivity contribution < 1.29 is 0 Å². The first-order chi connectivity index (χ1) is 10.8. The van der Waals surface area contributed by atoms with Crippen LogP contribution in [0.4, 0.5) is 11.8 Å². The minimum Gasteiger partial charge on any atom is -0.366 e. The number of halogens is 1. The predicted molar refractivity (Wildman–Crippen MR) is 89.4 cm³/mol. The second kappa shape index (κ2) is 5.76. The highest BCUT2D eigenvalue weighted by molar-refractivity contribution is 6.31. The number of anilines is 2. The second-order valence-electron chi connectivity index (χ2n) is 6.14. The zero-order valence-electron chi connectivity index (χ0n) is 12.3. The zero-order chi connectivity index (χ0) is 14.9. The maximum Gasteiger partial charge on any atom is 0.225 e. The molecule has 114 valence electrons. The molecule has 2 fully saturated rings. The molecule has 0 bridgehead atoms. The molecule has 2 aliphatic carbocycles. The molecule has 2 N–H and O–H groups in total. The fourth-order valence-electron chi connectivity index (χ4n) is 2.45. The minimum atomic E-state index is 0.561. The molecular weight excluding hydrogens is 296 g/mol. The Balaban J connectivity index is 1.52. The summed E-state index contributed by atoms with van der Waals surface area (Å²) in [6.45, 7) is 0.670. The third kappa shape index (κ3) is 3.33. The molecule has 1 aromatic carbocycles. The molecule has 2 aliphatic rings. The van der Waals surface area contributed by atoms with Gasteiger partial charge in [-0.2, -0.15) is 4.98 Å². The van der Waals surface area contributed by atoms with E-state index in [1.165, 1.54) is 25.7 Å². The number of aromatic nitrogens is 2. The van der Waals surface area contributed by atoms with Crippen molar-refractivity contribution in [2.75, 3.05) is 10.6 Å². The number of hydrogen-bond acceptors (Lipinski definition) is 4. The third-order valence-electron chi connectivity index (χ3n) is 4.07. The van der Waals surface area contributed by atoms with Crippen molar-refractivity contribution >= 4 is 23.4 Å². The summed E-state index contributed by atoms with van der Waals surface area (Å²) in [6.07, 6.45) is 4.92. The number of benzene rings is 1. The molecule has 0 amide bonds. The molecule has 0 atom stereocenters.